The molecule has 1 aromatic carbocycles. The van der Waals surface area contributed by atoms with Crippen molar-refractivity contribution in [3.05, 3.63) is 45.6 Å². The van der Waals surface area contributed by atoms with Crippen molar-refractivity contribution in [1.29, 1.82) is 0 Å². The summed E-state index contributed by atoms with van der Waals surface area (Å²) in [5, 5.41) is 11.1. The average molecular weight is 313 g/mol. The van der Waals surface area contributed by atoms with Gasteiger partial charge in [0.2, 0.25) is 0 Å². The highest BCUT2D eigenvalue weighted by Crippen LogP contribution is 2.21. The number of hydrogen-bond donors (Lipinski definition) is 0. The molecular formula is C12H13BrN2O3. The van der Waals surface area contributed by atoms with Gasteiger partial charge in [-0.05, 0) is 12.1 Å². The van der Waals surface area contributed by atoms with Crippen LogP contribution in [0.2, 0.25) is 0 Å². The molecule has 0 heterocycles. The van der Waals surface area contributed by atoms with E-state index in [-0.39, 0.29) is 16.8 Å². The van der Waals surface area contributed by atoms with E-state index in [0.29, 0.717) is 11.3 Å². The van der Waals surface area contributed by atoms with E-state index < -0.39 is 4.92 Å². The highest BCUT2D eigenvalue weighted by atomic mass is 79.9. The van der Waals surface area contributed by atoms with Gasteiger partial charge in [0.05, 0.1) is 21.5 Å². The summed E-state index contributed by atoms with van der Waals surface area (Å²) in [6.07, 6.45) is 1.53. The Morgan fingerprint density at radius 2 is 2.06 bits per heavy atom. The predicted octanol–water partition coefficient (Wildman–Crippen LogP) is 2.46. The third-order valence-electron chi connectivity index (χ3n) is 2.31. The maximum Gasteiger partial charge on any atom is 0.276 e. The Kier molecular flexibility index (Phi) is 5.03. The van der Waals surface area contributed by atoms with Crippen LogP contribution in [-0.4, -0.2) is 35.0 Å². The zero-order valence-corrected chi connectivity index (χ0v) is 11.7. The van der Waals surface area contributed by atoms with E-state index in [1.165, 1.54) is 12.1 Å². The van der Waals surface area contributed by atoms with Gasteiger partial charge in [-0.2, -0.15) is 0 Å². The molecule has 6 heteroatoms. The molecule has 0 bridgehead atoms. The van der Waals surface area contributed by atoms with Crippen LogP contribution in [0, 0.1) is 10.1 Å². The third kappa shape index (κ3) is 3.40. The predicted molar refractivity (Wildman–Crippen MR) is 73.6 cm³/mol. The van der Waals surface area contributed by atoms with Crippen LogP contribution in [0.4, 0.5) is 5.69 Å². The first-order valence-electron chi connectivity index (χ1n) is 5.19. The van der Waals surface area contributed by atoms with Crippen LogP contribution in [-0.2, 0) is 4.79 Å². The summed E-state index contributed by atoms with van der Waals surface area (Å²) in [6.45, 7) is 0. The molecule has 0 amide bonds. The monoisotopic (exact) mass is 312 g/mol. The van der Waals surface area contributed by atoms with Crippen molar-refractivity contribution in [1.82, 2.24) is 4.90 Å². The molecule has 0 fully saturated rings. The average Bonchev–Trinajstić information content (AvgIpc) is 2.34. The molecule has 1 aromatic rings. The van der Waals surface area contributed by atoms with E-state index in [0.717, 1.165) is 0 Å². The molecule has 0 aliphatic heterocycles. The SMILES string of the molecule is CN(C)C(=Cc1ccccc1[N+](=O)[O-])C(=O)CBr. The van der Waals surface area contributed by atoms with Gasteiger partial charge in [-0.25, -0.2) is 0 Å². The number of halogens is 1. The molecule has 0 unspecified atom stereocenters. The number of allylic oxidation sites excluding steroid dienone is 1. The second kappa shape index (κ2) is 6.30. The Hall–Kier alpha value is -1.69. The van der Waals surface area contributed by atoms with Gasteiger partial charge in [0.1, 0.15) is 0 Å². The van der Waals surface area contributed by atoms with Crippen LogP contribution in [0.5, 0.6) is 0 Å². The van der Waals surface area contributed by atoms with Gasteiger partial charge in [0, 0.05) is 20.2 Å². The molecule has 18 heavy (non-hydrogen) atoms. The lowest BCUT2D eigenvalue weighted by Gasteiger charge is -2.15. The number of carbonyl (C=O) groups is 1. The molecule has 0 aliphatic rings. The van der Waals surface area contributed by atoms with E-state index in [1.54, 1.807) is 37.2 Å². The second-order valence-corrected chi connectivity index (χ2v) is 4.36. The molecule has 96 valence electrons. The van der Waals surface area contributed by atoms with E-state index in [1.807, 2.05) is 0 Å². The van der Waals surface area contributed by atoms with Gasteiger partial charge < -0.3 is 4.90 Å². The number of Topliss-reactive ketones (excluding diaryl/α,β-unsaturated/α-hetero) is 1. The third-order valence-corrected chi connectivity index (χ3v) is 2.82. The van der Waals surface area contributed by atoms with Crippen LogP contribution in [0.1, 0.15) is 5.56 Å². The van der Waals surface area contributed by atoms with Gasteiger partial charge in [-0.3, -0.25) is 14.9 Å². The lowest BCUT2D eigenvalue weighted by atomic mass is 10.1. The molecule has 0 saturated heterocycles. The summed E-state index contributed by atoms with van der Waals surface area (Å²) in [6, 6.07) is 6.32. The highest BCUT2D eigenvalue weighted by molar-refractivity contribution is 9.09. The van der Waals surface area contributed by atoms with Crippen LogP contribution >= 0.6 is 15.9 Å². The van der Waals surface area contributed by atoms with Crippen molar-refractivity contribution in [2.75, 3.05) is 19.4 Å². The molecule has 1 rings (SSSR count). The first-order valence-corrected chi connectivity index (χ1v) is 6.31. The van der Waals surface area contributed by atoms with Gasteiger partial charge >= 0.3 is 0 Å². The van der Waals surface area contributed by atoms with Gasteiger partial charge in [-0.15, -0.1) is 0 Å². The second-order valence-electron chi connectivity index (χ2n) is 3.80. The van der Waals surface area contributed by atoms with Crippen LogP contribution < -0.4 is 0 Å². The number of likely N-dealkylation sites (N-methyl/N-ethyl adjacent to an activating group) is 1. The van der Waals surface area contributed by atoms with Crippen molar-refractivity contribution in [3.63, 3.8) is 0 Å². The molecule has 0 radical (unpaired) electrons. The minimum atomic E-state index is -0.461. The van der Waals surface area contributed by atoms with E-state index in [9.17, 15) is 14.9 Å². The smallest absolute Gasteiger partial charge is 0.276 e. The first kappa shape index (κ1) is 14.4. The Balaban J connectivity index is 3.28. The van der Waals surface area contributed by atoms with Crippen molar-refractivity contribution in [2.45, 2.75) is 0 Å². The standard InChI is InChI=1S/C12H13BrN2O3/c1-14(2)11(12(16)8-13)7-9-5-3-4-6-10(9)15(17)18/h3-7H,8H2,1-2H3. The molecule has 5 nitrogen and oxygen atoms in total. The van der Waals surface area contributed by atoms with E-state index in [2.05, 4.69) is 15.9 Å². The first-order chi connectivity index (χ1) is 8.47. The lowest BCUT2D eigenvalue weighted by Crippen LogP contribution is -2.20. The minimum absolute atomic E-state index is 0.0146. The normalized spacial score (nSPS) is 11.2. The minimum Gasteiger partial charge on any atom is -0.375 e. The summed E-state index contributed by atoms with van der Waals surface area (Å²) in [7, 11) is 3.45. The van der Waals surface area contributed by atoms with Crippen molar-refractivity contribution >= 4 is 33.5 Å². The molecule has 0 aliphatic carbocycles. The van der Waals surface area contributed by atoms with Crippen LogP contribution in [0.15, 0.2) is 30.0 Å². The molecule has 0 saturated carbocycles. The highest BCUT2D eigenvalue weighted by Gasteiger charge is 2.15. The lowest BCUT2D eigenvalue weighted by molar-refractivity contribution is -0.385. The molecule has 0 N–H and O–H groups in total. The topological polar surface area (TPSA) is 63.4 Å². The number of ketones is 1. The van der Waals surface area contributed by atoms with Crippen molar-refractivity contribution < 1.29 is 9.72 Å². The molecule has 0 spiro atoms. The zero-order valence-electron chi connectivity index (χ0n) is 10.1. The summed E-state index contributed by atoms with van der Waals surface area (Å²) < 4.78 is 0. The molecule has 0 aromatic heterocycles. The number of alkyl halides is 1. The van der Waals surface area contributed by atoms with Gasteiger partial charge in [0.25, 0.3) is 5.69 Å². The number of nitro benzene ring substituents is 1. The van der Waals surface area contributed by atoms with Gasteiger partial charge in [0.15, 0.2) is 5.78 Å². The number of rotatable bonds is 5. The Labute approximate surface area is 113 Å². The quantitative estimate of drug-likeness (QED) is 0.362. The Bertz CT molecular complexity index is 498. The fourth-order valence-electron chi connectivity index (χ4n) is 1.45. The zero-order chi connectivity index (χ0) is 13.7. The van der Waals surface area contributed by atoms with Crippen molar-refractivity contribution in [3.8, 4) is 0 Å². The number of hydrogen-bond acceptors (Lipinski definition) is 4. The van der Waals surface area contributed by atoms with Gasteiger partial charge in [-0.1, -0.05) is 28.1 Å². The largest absolute Gasteiger partial charge is 0.375 e. The van der Waals surface area contributed by atoms with E-state index in [4.69, 9.17) is 0 Å². The fourth-order valence-corrected chi connectivity index (χ4v) is 1.74. The number of benzene rings is 1. The summed E-state index contributed by atoms with van der Waals surface area (Å²) >= 11 is 3.09. The molecular weight excluding hydrogens is 300 g/mol. The maximum atomic E-state index is 11.7. The Morgan fingerprint density at radius 3 is 2.56 bits per heavy atom. The summed E-state index contributed by atoms with van der Waals surface area (Å²) in [5.74, 6) is -0.127. The number of nitrogens with zero attached hydrogens (tertiary/aromatic N) is 2. The summed E-state index contributed by atoms with van der Waals surface area (Å²) in [5.41, 5.74) is 0.820. The van der Waals surface area contributed by atoms with Crippen LogP contribution in [0.3, 0.4) is 0 Å². The maximum absolute atomic E-state index is 11.7. The number of nitro groups is 1. The van der Waals surface area contributed by atoms with E-state index >= 15 is 0 Å². The van der Waals surface area contributed by atoms with Crippen LogP contribution in [0.25, 0.3) is 6.08 Å². The molecule has 0 atom stereocenters. The summed E-state index contributed by atoms with van der Waals surface area (Å²) in [4.78, 5) is 23.8. The van der Waals surface area contributed by atoms with Crippen molar-refractivity contribution in [2.24, 2.45) is 0 Å². The number of para-hydroxylation sites is 1. The Morgan fingerprint density at radius 1 is 1.44 bits per heavy atom. The fraction of sp³-hybridized carbons (Fsp3) is 0.250. The number of carbonyl (C=O) groups excluding carboxylic acids is 1.